The largest absolute Gasteiger partial charge is 0.361 e. The molecule has 0 atom stereocenters. The molecule has 0 unspecified atom stereocenters. The average molecular weight is 327 g/mol. The van der Waals surface area contributed by atoms with Crippen molar-refractivity contribution in [1.29, 1.82) is 0 Å². The van der Waals surface area contributed by atoms with Gasteiger partial charge in [0, 0.05) is 19.2 Å². The fraction of sp³-hybridized carbons (Fsp3) is 0.474. The molecule has 3 rings (SSSR count). The Kier molecular flexibility index (Phi) is 5.64. The van der Waals surface area contributed by atoms with Crippen LogP contribution in [0.1, 0.15) is 29.9 Å². The Morgan fingerprint density at radius 3 is 2.71 bits per heavy atom. The molecule has 2 aromatic rings. The van der Waals surface area contributed by atoms with E-state index in [2.05, 4.69) is 45.7 Å². The number of nitrogens with zero attached hydrogens (tertiary/aromatic N) is 2. The number of hydrogen-bond acceptors (Lipinski definition) is 4. The van der Waals surface area contributed by atoms with Crippen molar-refractivity contribution in [3.63, 3.8) is 0 Å². The first-order valence-electron chi connectivity index (χ1n) is 8.64. The maximum Gasteiger partial charge on any atom is 0.227 e. The van der Waals surface area contributed by atoms with Crippen LogP contribution in [0.15, 0.2) is 40.9 Å². The summed E-state index contributed by atoms with van der Waals surface area (Å²) in [6.07, 6.45) is 2.54. The van der Waals surface area contributed by atoms with Crippen LogP contribution >= 0.6 is 0 Å². The van der Waals surface area contributed by atoms with E-state index in [1.165, 1.54) is 5.56 Å². The molecule has 5 nitrogen and oxygen atoms in total. The highest BCUT2D eigenvalue weighted by atomic mass is 16.5. The normalized spacial score (nSPS) is 16.2. The highest BCUT2D eigenvalue weighted by Gasteiger charge is 2.20. The van der Waals surface area contributed by atoms with Crippen LogP contribution in [0.4, 0.5) is 0 Å². The predicted octanol–water partition coefficient (Wildman–Crippen LogP) is 2.55. The smallest absolute Gasteiger partial charge is 0.227 e. The fourth-order valence-electron chi connectivity index (χ4n) is 3.17. The molecule has 1 aromatic carbocycles. The Morgan fingerprint density at radius 1 is 1.29 bits per heavy atom. The molecule has 2 heterocycles. The Morgan fingerprint density at radius 2 is 2.04 bits per heavy atom. The van der Waals surface area contributed by atoms with Crippen molar-refractivity contribution in [2.75, 3.05) is 19.6 Å². The van der Waals surface area contributed by atoms with E-state index in [0.717, 1.165) is 44.7 Å². The molecule has 1 N–H and O–H groups in total. The summed E-state index contributed by atoms with van der Waals surface area (Å²) in [6, 6.07) is 12.4. The lowest BCUT2D eigenvalue weighted by Gasteiger charge is -2.32. The van der Waals surface area contributed by atoms with Crippen LogP contribution in [0.3, 0.4) is 0 Å². The standard InChI is InChI=1S/C19H25N3O2/c1-15-11-18(24-21-15)12-19(23)20-13-16-7-9-22(10-8-16)14-17-5-3-2-4-6-17/h2-6,11,16H,7-10,12-14H2,1H3,(H,20,23). The molecule has 1 aromatic heterocycles. The van der Waals surface area contributed by atoms with E-state index in [1.54, 1.807) is 0 Å². The molecule has 1 saturated heterocycles. The van der Waals surface area contributed by atoms with Gasteiger partial charge in [-0.2, -0.15) is 0 Å². The quantitative estimate of drug-likeness (QED) is 0.886. The zero-order valence-electron chi connectivity index (χ0n) is 14.2. The number of aryl methyl sites for hydroxylation is 1. The van der Waals surface area contributed by atoms with Crippen molar-refractivity contribution in [2.24, 2.45) is 5.92 Å². The Bertz CT molecular complexity index is 646. The third-order valence-corrected chi connectivity index (χ3v) is 4.56. The van der Waals surface area contributed by atoms with Gasteiger partial charge < -0.3 is 9.84 Å². The van der Waals surface area contributed by atoms with Gasteiger partial charge in [-0.3, -0.25) is 9.69 Å². The minimum atomic E-state index is 0.0119. The second-order valence-corrected chi connectivity index (χ2v) is 6.62. The third kappa shape index (κ3) is 4.93. The van der Waals surface area contributed by atoms with Gasteiger partial charge in [-0.15, -0.1) is 0 Å². The predicted molar refractivity (Wildman–Crippen MR) is 92.4 cm³/mol. The third-order valence-electron chi connectivity index (χ3n) is 4.56. The van der Waals surface area contributed by atoms with Gasteiger partial charge >= 0.3 is 0 Å². The van der Waals surface area contributed by atoms with Gasteiger partial charge in [0.05, 0.1) is 12.1 Å². The molecule has 1 fully saturated rings. The number of aromatic nitrogens is 1. The van der Waals surface area contributed by atoms with E-state index in [0.29, 0.717) is 11.7 Å². The van der Waals surface area contributed by atoms with Gasteiger partial charge in [-0.05, 0) is 44.3 Å². The van der Waals surface area contributed by atoms with Crippen LogP contribution in [0.5, 0.6) is 0 Å². The summed E-state index contributed by atoms with van der Waals surface area (Å²) in [5.74, 6) is 1.21. The highest BCUT2D eigenvalue weighted by Crippen LogP contribution is 2.18. The Labute approximate surface area is 143 Å². The summed E-state index contributed by atoms with van der Waals surface area (Å²) < 4.78 is 5.08. The number of carbonyl (C=O) groups is 1. The van der Waals surface area contributed by atoms with Crippen LogP contribution < -0.4 is 5.32 Å². The first kappa shape index (κ1) is 16.7. The van der Waals surface area contributed by atoms with E-state index in [1.807, 2.05) is 13.0 Å². The van der Waals surface area contributed by atoms with Crippen LogP contribution in [-0.4, -0.2) is 35.6 Å². The number of piperidine rings is 1. The molecule has 24 heavy (non-hydrogen) atoms. The zero-order chi connectivity index (χ0) is 16.8. The molecule has 5 heteroatoms. The molecule has 0 radical (unpaired) electrons. The lowest BCUT2D eigenvalue weighted by atomic mass is 9.96. The molecule has 0 spiro atoms. The number of carbonyl (C=O) groups excluding carboxylic acids is 1. The lowest BCUT2D eigenvalue weighted by molar-refractivity contribution is -0.121. The molecule has 0 bridgehead atoms. The number of benzene rings is 1. The van der Waals surface area contributed by atoms with Crippen LogP contribution in [0, 0.1) is 12.8 Å². The van der Waals surface area contributed by atoms with Gasteiger partial charge in [0.1, 0.15) is 5.76 Å². The minimum absolute atomic E-state index is 0.0119. The topological polar surface area (TPSA) is 58.4 Å². The monoisotopic (exact) mass is 327 g/mol. The second kappa shape index (κ2) is 8.11. The Hall–Kier alpha value is -2.14. The molecular weight excluding hydrogens is 302 g/mol. The fourth-order valence-corrected chi connectivity index (χ4v) is 3.17. The first-order valence-corrected chi connectivity index (χ1v) is 8.64. The number of hydrogen-bond donors (Lipinski definition) is 1. The highest BCUT2D eigenvalue weighted by molar-refractivity contribution is 5.77. The van der Waals surface area contributed by atoms with Crippen molar-refractivity contribution in [1.82, 2.24) is 15.4 Å². The number of nitrogens with one attached hydrogen (secondary N) is 1. The summed E-state index contributed by atoms with van der Waals surface area (Å²) in [7, 11) is 0. The summed E-state index contributed by atoms with van der Waals surface area (Å²) in [6.45, 7) is 5.82. The molecule has 1 amide bonds. The summed E-state index contributed by atoms with van der Waals surface area (Å²) in [4.78, 5) is 14.5. The van der Waals surface area contributed by atoms with Gasteiger partial charge in [-0.25, -0.2) is 0 Å². The van der Waals surface area contributed by atoms with Crippen molar-refractivity contribution < 1.29 is 9.32 Å². The molecular formula is C19H25N3O2. The molecule has 1 aliphatic heterocycles. The second-order valence-electron chi connectivity index (χ2n) is 6.62. The Balaban J connectivity index is 1.35. The van der Waals surface area contributed by atoms with E-state index in [9.17, 15) is 4.79 Å². The molecule has 0 saturated carbocycles. The van der Waals surface area contributed by atoms with Gasteiger partial charge in [0.15, 0.2) is 0 Å². The maximum atomic E-state index is 12.0. The molecule has 0 aliphatic carbocycles. The minimum Gasteiger partial charge on any atom is -0.361 e. The van der Waals surface area contributed by atoms with Crippen molar-refractivity contribution in [3.8, 4) is 0 Å². The SMILES string of the molecule is Cc1cc(CC(=O)NCC2CCN(Cc3ccccc3)CC2)on1. The molecule has 128 valence electrons. The number of rotatable bonds is 6. The van der Waals surface area contributed by atoms with E-state index < -0.39 is 0 Å². The average Bonchev–Trinajstić information content (AvgIpc) is 3.00. The first-order chi connectivity index (χ1) is 11.7. The van der Waals surface area contributed by atoms with E-state index in [4.69, 9.17) is 4.52 Å². The number of amides is 1. The van der Waals surface area contributed by atoms with Crippen LogP contribution in [-0.2, 0) is 17.8 Å². The lowest BCUT2D eigenvalue weighted by Crippen LogP contribution is -2.38. The van der Waals surface area contributed by atoms with Gasteiger partial charge in [0.25, 0.3) is 0 Å². The van der Waals surface area contributed by atoms with E-state index >= 15 is 0 Å². The zero-order valence-corrected chi connectivity index (χ0v) is 14.2. The van der Waals surface area contributed by atoms with Crippen molar-refractivity contribution in [2.45, 2.75) is 32.7 Å². The van der Waals surface area contributed by atoms with E-state index in [-0.39, 0.29) is 12.3 Å². The van der Waals surface area contributed by atoms with Crippen molar-refractivity contribution in [3.05, 3.63) is 53.4 Å². The van der Waals surface area contributed by atoms with Gasteiger partial charge in [0.2, 0.25) is 5.91 Å². The summed E-state index contributed by atoms with van der Waals surface area (Å²) in [5.41, 5.74) is 2.18. The number of likely N-dealkylation sites (tertiary alicyclic amines) is 1. The van der Waals surface area contributed by atoms with Crippen LogP contribution in [0.2, 0.25) is 0 Å². The van der Waals surface area contributed by atoms with Crippen LogP contribution in [0.25, 0.3) is 0 Å². The summed E-state index contributed by atoms with van der Waals surface area (Å²) >= 11 is 0. The molecule has 1 aliphatic rings. The maximum absolute atomic E-state index is 12.0. The summed E-state index contributed by atoms with van der Waals surface area (Å²) in [5, 5.41) is 6.83. The van der Waals surface area contributed by atoms with Gasteiger partial charge in [-0.1, -0.05) is 35.5 Å². The van der Waals surface area contributed by atoms with Crippen molar-refractivity contribution >= 4 is 5.91 Å².